The van der Waals surface area contributed by atoms with Crippen molar-refractivity contribution in [1.82, 2.24) is 0 Å². The summed E-state index contributed by atoms with van der Waals surface area (Å²) >= 11 is 0. The van der Waals surface area contributed by atoms with Crippen molar-refractivity contribution >= 4 is 16.7 Å². The molecule has 0 unspecified atom stereocenters. The van der Waals surface area contributed by atoms with Crippen molar-refractivity contribution in [2.24, 2.45) is 0 Å². The van der Waals surface area contributed by atoms with E-state index in [0.717, 1.165) is 16.3 Å². The van der Waals surface area contributed by atoms with Crippen molar-refractivity contribution < 1.29 is 61.8 Å². The summed E-state index contributed by atoms with van der Waals surface area (Å²) in [5.74, 6) is 2.63. The Morgan fingerprint density at radius 2 is 1.35 bits per heavy atom. The Bertz CT molecular complexity index is 1140. The SMILES string of the molecule is COc1ccc(Cc2[o+]c(OC(C)=O)cc3cc(OC)c(OC)cc23)cc1OC.[O-][Cl+3]([O-])([O-])[O-]. The number of fused-ring (bicyclic) bond motifs is 1. The molecule has 0 aliphatic heterocycles. The zero-order chi connectivity index (χ0) is 25.5. The van der Waals surface area contributed by atoms with E-state index in [2.05, 4.69) is 0 Å². The van der Waals surface area contributed by atoms with E-state index >= 15 is 0 Å². The molecule has 11 nitrogen and oxygen atoms in total. The number of halogens is 1. The van der Waals surface area contributed by atoms with Crippen LogP contribution in [0, 0.1) is 10.2 Å². The number of esters is 1. The molecule has 3 rings (SSSR count). The van der Waals surface area contributed by atoms with E-state index in [1.54, 1.807) is 34.5 Å². The van der Waals surface area contributed by atoms with Crippen molar-refractivity contribution in [3.05, 3.63) is 47.7 Å². The highest BCUT2D eigenvalue weighted by Crippen LogP contribution is 2.37. The van der Waals surface area contributed by atoms with Gasteiger partial charge in [0.1, 0.15) is 0 Å². The highest BCUT2D eigenvalue weighted by atomic mass is 35.7. The van der Waals surface area contributed by atoms with Crippen LogP contribution in [0.25, 0.3) is 10.8 Å². The summed E-state index contributed by atoms with van der Waals surface area (Å²) in [7, 11) is 1.36. The van der Waals surface area contributed by atoms with Gasteiger partial charge in [0.15, 0.2) is 23.0 Å². The summed E-state index contributed by atoms with van der Waals surface area (Å²) < 4.78 is 66.5. The molecule has 0 saturated carbocycles. The lowest BCUT2D eigenvalue weighted by Gasteiger charge is -2.17. The van der Waals surface area contributed by atoms with E-state index in [0.29, 0.717) is 35.2 Å². The fraction of sp³-hybridized carbons (Fsp3) is 0.273. The molecule has 0 aliphatic carbocycles. The third kappa shape index (κ3) is 7.61. The van der Waals surface area contributed by atoms with Crippen LogP contribution >= 0.6 is 0 Å². The molecule has 1 aromatic heterocycles. The molecule has 0 fully saturated rings. The fourth-order valence-corrected chi connectivity index (χ4v) is 3.09. The van der Waals surface area contributed by atoms with E-state index in [1.807, 2.05) is 30.3 Å². The molecular weight excluding hydrogens is 476 g/mol. The van der Waals surface area contributed by atoms with E-state index in [9.17, 15) is 4.79 Å². The Hall–Kier alpha value is -3.35. The van der Waals surface area contributed by atoms with Crippen molar-refractivity contribution in [3.8, 4) is 28.9 Å². The van der Waals surface area contributed by atoms with E-state index in [-0.39, 0.29) is 5.95 Å². The minimum atomic E-state index is -4.94. The number of hydrogen-bond donors (Lipinski definition) is 0. The van der Waals surface area contributed by atoms with E-state index < -0.39 is 16.2 Å². The molecular formula is C22H23ClO11. The Labute approximate surface area is 197 Å². The number of methoxy groups -OCH3 is 4. The van der Waals surface area contributed by atoms with Crippen LogP contribution in [0.15, 0.2) is 40.8 Å². The first-order chi connectivity index (χ1) is 16.0. The fourth-order valence-electron chi connectivity index (χ4n) is 3.09. The summed E-state index contributed by atoms with van der Waals surface area (Å²) in [6, 6.07) is 10.9. The van der Waals surface area contributed by atoms with Crippen LogP contribution in [0.3, 0.4) is 0 Å². The van der Waals surface area contributed by atoms with Gasteiger partial charge in [-0.1, -0.05) is 6.07 Å². The lowest BCUT2D eigenvalue weighted by molar-refractivity contribution is -2.00. The van der Waals surface area contributed by atoms with Crippen molar-refractivity contribution in [3.63, 3.8) is 0 Å². The van der Waals surface area contributed by atoms with Crippen LogP contribution in [0.2, 0.25) is 0 Å². The molecule has 0 spiro atoms. The summed E-state index contributed by atoms with van der Waals surface area (Å²) in [6.07, 6.45) is 0.432. The second-order valence-electron chi connectivity index (χ2n) is 6.62. The van der Waals surface area contributed by atoms with Crippen LogP contribution in [0.5, 0.6) is 28.9 Å². The van der Waals surface area contributed by atoms with Crippen LogP contribution in [-0.4, -0.2) is 34.4 Å². The van der Waals surface area contributed by atoms with Gasteiger partial charge in [-0.3, -0.25) is 4.42 Å². The number of carbonyl (C=O) groups is 1. The maximum absolute atomic E-state index is 11.4. The van der Waals surface area contributed by atoms with Crippen LogP contribution in [-0.2, 0) is 11.2 Å². The largest absolute Gasteiger partial charge is 0.527 e. The molecule has 0 N–H and O–H groups in total. The molecule has 0 saturated heterocycles. The van der Waals surface area contributed by atoms with Gasteiger partial charge >= 0.3 is 11.9 Å². The predicted octanol–water partition coefficient (Wildman–Crippen LogP) is -0.492. The summed E-state index contributed by atoms with van der Waals surface area (Å²) in [6.45, 7) is 1.32. The molecule has 0 amide bonds. The molecule has 184 valence electrons. The van der Waals surface area contributed by atoms with Crippen molar-refractivity contribution in [2.45, 2.75) is 13.3 Å². The highest BCUT2D eigenvalue weighted by molar-refractivity contribution is 5.88. The highest BCUT2D eigenvalue weighted by Gasteiger charge is 2.22. The molecule has 34 heavy (non-hydrogen) atoms. The van der Waals surface area contributed by atoms with Crippen molar-refractivity contribution in [2.75, 3.05) is 28.4 Å². The number of hydrogen-bond acceptors (Lipinski definition) is 10. The van der Waals surface area contributed by atoms with Gasteiger partial charge in [0, 0.05) is 5.39 Å². The standard InChI is InChI=1S/C22H23O7.ClHO4/c1-13(23)28-22-11-15-10-20(26-4)21(27-5)12-16(15)18(29-22)8-14-6-7-17(24-2)19(9-14)25-3;2-1(3,4)5/h6-7,9-12H,8H2,1-5H3;(H,2,3,4,5)/q+1;/p-1. The van der Waals surface area contributed by atoms with Gasteiger partial charge < -0.3 is 18.9 Å². The first-order valence-electron chi connectivity index (χ1n) is 9.51. The Morgan fingerprint density at radius 1 is 0.824 bits per heavy atom. The van der Waals surface area contributed by atoms with Gasteiger partial charge in [-0.05, 0) is 29.8 Å². The maximum Gasteiger partial charge on any atom is 0.527 e. The lowest BCUT2D eigenvalue weighted by atomic mass is 10.0. The topological polar surface area (TPSA) is 167 Å². The van der Waals surface area contributed by atoms with Crippen molar-refractivity contribution in [1.29, 1.82) is 0 Å². The third-order valence-corrected chi connectivity index (χ3v) is 4.41. The quantitative estimate of drug-likeness (QED) is 0.304. The molecule has 2 aromatic carbocycles. The molecule has 1 heterocycles. The molecule has 0 bridgehead atoms. The number of ether oxygens (including phenoxy) is 5. The van der Waals surface area contributed by atoms with E-state index in [4.69, 9.17) is 46.7 Å². The van der Waals surface area contributed by atoms with Gasteiger partial charge in [0.2, 0.25) is 5.76 Å². The minimum Gasteiger partial charge on any atom is -0.493 e. The number of benzene rings is 2. The molecule has 12 heteroatoms. The summed E-state index contributed by atoms with van der Waals surface area (Å²) in [5, 5.41) is 1.61. The average molecular weight is 499 g/mol. The first kappa shape index (κ1) is 26.9. The lowest BCUT2D eigenvalue weighted by Crippen LogP contribution is -2.68. The Morgan fingerprint density at radius 3 is 1.88 bits per heavy atom. The zero-order valence-electron chi connectivity index (χ0n) is 19.0. The predicted molar refractivity (Wildman–Crippen MR) is 107 cm³/mol. The van der Waals surface area contributed by atoms with Gasteiger partial charge in [0.25, 0.3) is 0 Å². The van der Waals surface area contributed by atoms with Gasteiger partial charge in [-0.25, -0.2) is 28.2 Å². The maximum atomic E-state index is 11.4. The smallest absolute Gasteiger partial charge is 0.493 e. The van der Waals surface area contributed by atoms with Crippen LogP contribution in [0.4, 0.5) is 0 Å². The molecule has 3 aromatic rings. The molecule has 0 aliphatic rings. The molecule has 0 radical (unpaired) electrons. The Balaban J connectivity index is 0.000000739. The van der Waals surface area contributed by atoms with Gasteiger partial charge in [-0.15, -0.1) is 10.2 Å². The third-order valence-electron chi connectivity index (χ3n) is 4.41. The van der Waals surface area contributed by atoms with Gasteiger partial charge in [0.05, 0.1) is 53.2 Å². The summed E-state index contributed by atoms with van der Waals surface area (Å²) in [5.41, 5.74) is 0.933. The normalized spacial score (nSPS) is 10.7. The first-order valence-corrected chi connectivity index (χ1v) is 10.7. The molecule has 0 atom stereocenters. The van der Waals surface area contributed by atoms with E-state index in [1.165, 1.54) is 6.92 Å². The zero-order valence-corrected chi connectivity index (χ0v) is 19.8. The summed E-state index contributed by atoms with van der Waals surface area (Å²) in [4.78, 5) is 11.4. The van der Waals surface area contributed by atoms with Crippen LogP contribution in [0.1, 0.15) is 18.2 Å². The second-order valence-corrected chi connectivity index (χ2v) is 7.38. The number of rotatable bonds is 7. The van der Waals surface area contributed by atoms with Crippen LogP contribution < -0.4 is 42.3 Å². The van der Waals surface area contributed by atoms with Gasteiger partial charge in [-0.2, -0.15) is 0 Å². The average Bonchev–Trinajstić information content (AvgIpc) is 2.76. The minimum absolute atomic E-state index is 0.104. The Kier molecular flexibility index (Phi) is 9.24. The second kappa shape index (κ2) is 11.7. The monoisotopic (exact) mass is 498 g/mol. The number of carbonyl (C=O) groups excluding carboxylic acids is 1.